The molecule has 0 radical (unpaired) electrons. The number of nitrogen functional groups attached to an aromatic ring is 1. The molecule has 0 aliphatic heterocycles. The van der Waals surface area contributed by atoms with E-state index in [1.807, 2.05) is 39.0 Å². The van der Waals surface area contributed by atoms with E-state index in [0.717, 1.165) is 58.2 Å². The first-order valence-electron chi connectivity index (χ1n) is 9.72. The van der Waals surface area contributed by atoms with E-state index in [4.69, 9.17) is 11.5 Å². The Morgan fingerprint density at radius 3 is 2.64 bits per heavy atom. The summed E-state index contributed by atoms with van der Waals surface area (Å²) in [6.45, 7) is 5.74. The molecule has 1 aromatic heterocycles. The second-order valence-electron chi connectivity index (χ2n) is 8.47. The molecule has 1 aliphatic rings. The molecule has 3 aromatic rings. The van der Waals surface area contributed by atoms with Gasteiger partial charge in [0.15, 0.2) is 0 Å². The van der Waals surface area contributed by atoms with Crippen LogP contribution in [-0.2, 0) is 12.8 Å². The maximum absolute atomic E-state index is 12.1. The molecule has 1 unspecified atom stereocenters. The normalized spacial score (nSPS) is 16.9. The third kappa shape index (κ3) is 2.87. The molecule has 1 aliphatic carbocycles. The van der Waals surface area contributed by atoms with Gasteiger partial charge < -0.3 is 21.6 Å². The van der Waals surface area contributed by atoms with Gasteiger partial charge in [-0.3, -0.25) is 4.79 Å². The van der Waals surface area contributed by atoms with E-state index in [1.54, 1.807) is 6.07 Å². The molecule has 0 fully saturated rings. The van der Waals surface area contributed by atoms with Crippen molar-refractivity contribution < 1.29 is 9.90 Å². The monoisotopic (exact) mass is 377 g/mol. The van der Waals surface area contributed by atoms with Gasteiger partial charge in [-0.2, -0.15) is 0 Å². The summed E-state index contributed by atoms with van der Waals surface area (Å²) in [6.07, 6.45) is 2.50. The summed E-state index contributed by atoms with van der Waals surface area (Å²) in [7, 11) is 0. The highest BCUT2D eigenvalue weighted by molar-refractivity contribution is 6.11. The third-order valence-corrected chi connectivity index (χ3v) is 6.27. The lowest BCUT2D eigenvalue weighted by Gasteiger charge is -2.32. The molecule has 1 heterocycles. The van der Waals surface area contributed by atoms with Crippen molar-refractivity contribution in [1.29, 1.82) is 0 Å². The van der Waals surface area contributed by atoms with E-state index in [0.29, 0.717) is 5.56 Å². The number of fused-ring (bicyclic) bond motifs is 3. The number of hydrogen-bond acceptors (Lipinski definition) is 3. The maximum atomic E-state index is 12.1. The largest absolute Gasteiger partial charge is 0.398 e. The molecular formula is C23H27N3O2. The number of aromatic nitrogens is 1. The minimum absolute atomic E-state index is 0.169. The van der Waals surface area contributed by atoms with Crippen molar-refractivity contribution in [1.82, 2.24) is 4.98 Å². The Morgan fingerprint density at radius 1 is 1.21 bits per heavy atom. The van der Waals surface area contributed by atoms with Crippen molar-refractivity contribution in [3.8, 4) is 11.1 Å². The van der Waals surface area contributed by atoms with Crippen molar-refractivity contribution in [3.05, 3.63) is 52.7 Å². The van der Waals surface area contributed by atoms with Gasteiger partial charge in [-0.1, -0.05) is 18.2 Å². The van der Waals surface area contributed by atoms with Gasteiger partial charge in [0.25, 0.3) is 5.91 Å². The van der Waals surface area contributed by atoms with E-state index in [9.17, 15) is 9.90 Å². The van der Waals surface area contributed by atoms with Gasteiger partial charge in [0.05, 0.1) is 16.7 Å². The zero-order valence-corrected chi connectivity index (χ0v) is 16.6. The van der Waals surface area contributed by atoms with Crippen molar-refractivity contribution in [2.24, 2.45) is 11.7 Å². The van der Waals surface area contributed by atoms with Crippen molar-refractivity contribution in [2.45, 2.75) is 45.6 Å². The van der Waals surface area contributed by atoms with Crippen LogP contribution in [0.25, 0.3) is 22.0 Å². The fourth-order valence-corrected chi connectivity index (χ4v) is 4.52. The number of nitrogens with one attached hydrogen (secondary N) is 1. The van der Waals surface area contributed by atoms with E-state index in [1.165, 1.54) is 5.56 Å². The number of amides is 1. The molecule has 5 nitrogen and oxygen atoms in total. The lowest BCUT2D eigenvalue weighted by atomic mass is 9.77. The fraction of sp³-hybridized carbons (Fsp3) is 0.348. The second kappa shape index (κ2) is 6.38. The van der Waals surface area contributed by atoms with Gasteiger partial charge in [0, 0.05) is 16.8 Å². The quantitative estimate of drug-likeness (QED) is 0.523. The maximum Gasteiger partial charge on any atom is 0.250 e. The Labute approximate surface area is 164 Å². The average molecular weight is 377 g/mol. The smallest absolute Gasteiger partial charge is 0.250 e. The van der Waals surface area contributed by atoms with Crippen LogP contribution >= 0.6 is 0 Å². The number of rotatable bonds is 3. The minimum Gasteiger partial charge on any atom is -0.398 e. The number of H-pyrrole nitrogens is 1. The molecule has 146 valence electrons. The number of hydrogen-bond donors (Lipinski definition) is 4. The van der Waals surface area contributed by atoms with Gasteiger partial charge in [0.1, 0.15) is 0 Å². The Morgan fingerprint density at radius 2 is 1.96 bits per heavy atom. The van der Waals surface area contributed by atoms with Gasteiger partial charge in [-0.05, 0) is 80.3 Å². The van der Waals surface area contributed by atoms with E-state index >= 15 is 0 Å². The Kier molecular flexibility index (Phi) is 4.23. The van der Waals surface area contributed by atoms with E-state index < -0.39 is 11.5 Å². The van der Waals surface area contributed by atoms with Crippen LogP contribution in [-0.4, -0.2) is 21.6 Å². The summed E-state index contributed by atoms with van der Waals surface area (Å²) < 4.78 is 0. The zero-order valence-electron chi connectivity index (χ0n) is 16.6. The van der Waals surface area contributed by atoms with Crippen LogP contribution in [0.5, 0.6) is 0 Å². The Bertz CT molecular complexity index is 1090. The van der Waals surface area contributed by atoms with Crippen LogP contribution in [0.3, 0.4) is 0 Å². The number of anilines is 1. The predicted octanol–water partition coefficient (Wildman–Crippen LogP) is 3.70. The number of primary amides is 1. The SMILES string of the molecule is Cc1c(N)cccc1-c1ccc(C(N)=O)c2[nH]c3c(c12)CCC(C(C)(C)O)C3. The van der Waals surface area contributed by atoms with Crippen LogP contribution in [0.15, 0.2) is 30.3 Å². The first kappa shape index (κ1) is 18.6. The summed E-state index contributed by atoms with van der Waals surface area (Å²) >= 11 is 0. The molecule has 1 amide bonds. The summed E-state index contributed by atoms with van der Waals surface area (Å²) in [5, 5.41) is 11.5. The summed E-state index contributed by atoms with van der Waals surface area (Å²) in [4.78, 5) is 15.5. The van der Waals surface area contributed by atoms with Crippen LogP contribution in [0.4, 0.5) is 5.69 Å². The van der Waals surface area contributed by atoms with Gasteiger partial charge >= 0.3 is 0 Å². The summed E-state index contributed by atoms with van der Waals surface area (Å²) in [6, 6.07) is 9.67. The van der Waals surface area contributed by atoms with Gasteiger partial charge in [-0.25, -0.2) is 0 Å². The van der Waals surface area contributed by atoms with Crippen LogP contribution < -0.4 is 11.5 Å². The summed E-state index contributed by atoms with van der Waals surface area (Å²) in [5.74, 6) is -0.277. The number of aromatic amines is 1. The lowest BCUT2D eigenvalue weighted by Crippen LogP contribution is -2.34. The number of benzene rings is 2. The molecule has 0 bridgehead atoms. The highest BCUT2D eigenvalue weighted by Crippen LogP contribution is 2.42. The Balaban J connectivity index is 1.99. The second-order valence-corrected chi connectivity index (χ2v) is 8.47. The number of aliphatic hydroxyl groups is 1. The van der Waals surface area contributed by atoms with Gasteiger partial charge in [0.2, 0.25) is 0 Å². The average Bonchev–Trinajstić information content (AvgIpc) is 3.01. The third-order valence-electron chi connectivity index (χ3n) is 6.27. The van der Waals surface area contributed by atoms with Crippen molar-refractivity contribution >= 4 is 22.5 Å². The molecule has 2 aromatic carbocycles. The van der Waals surface area contributed by atoms with E-state index in [2.05, 4.69) is 11.1 Å². The molecule has 6 N–H and O–H groups in total. The standard InChI is InChI=1S/C23H27N3O2/c1-12-14(5-4-6-18(12)24)15-9-10-17(22(25)27)21-20(15)16-8-7-13(23(2,3)28)11-19(16)26-21/h4-6,9-10,13,26,28H,7-8,11,24H2,1-3H3,(H2,25,27). The van der Waals surface area contributed by atoms with Crippen LogP contribution in [0, 0.1) is 12.8 Å². The number of aryl methyl sites for hydroxylation is 1. The molecule has 1 atom stereocenters. The van der Waals surface area contributed by atoms with Crippen LogP contribution in [0.1, 0.15) is 47.4 Å². The lowest BCUT2D eigenvalue weighted by molar-refractivity contribution is 0.0107. The van der Waals surface area contributed by atoms with Crippen LogP contribution in [0.2, 0.25) is 0 Å². The molecule has 0 saturated heterocycles. The predicted molar refractivity (Wildman–Crippen MR) is 113 cm³/mol. The molecule has 0 saturated carbocycles. The topological polar surface area (TPSA) is 105 Å². The minimum atomic E-state index is -0.741. The molecule has 28 heavy (non-hydrogen) atoms. The number of carbonyl (C=O) groups is 1. The number of carbonyl (C=O) groups excluding carboxylic acids is 1. The fourth-order valence-electron chi connectivity index (χ4n) is 4.52. The summed E-state index contributed by atoms with van der Waals surface area (Å²) in [5.41, 5.74) is 18.5. The number of nitrogens with two attached hydrogens (primary N) is 2. The highest BCUT2D eigenvalue weighted by atomic mass is 16.3. The molecule has 4 rings (SSSR count). The van der Waals surface area contributed by atoms with Crippen molar-refractivity contribution in [3.63, 3.8) is 0 Å². The molecular weight excluding hydrogens is 350 g/mol. The molecule has 0 spiro atoms. The van der Waals surface area contributed by atoms with E-state index in [-0.39, 0.29) is 5.92 Å². The van der Waals surface area contributed by atoms with Crippen molar-refractivity contribution in [2.75, 3.05) is 5.73 Å². The first-order chi connectivity index (χ1) is 13.2. The molecule has 5 heteroatoms. The first-order valence-corrected chi connectivity index (χ1v) is 9.72. The Hall–Kier alpha value is -2.79. The van der Waals surface area contributed by atoms with Gasteiger partial charge in [-0.15, -0.1) is 0 Å². The highest BCUT2D eigenvalue weighted by Gasteiger charge is 2.33. The zero-order chi connectivity index (χ0) is 20.2.